The highest BCUT2D eigenvalue weighted by Gasteiger charge is 2.24. The predicted molar refractivity (Wildman–Crippen MR) is 132 cm³/mol. The van der Waals surface area contributed by atoms with Crippen molar-refractivity contribution in [2.75, 3.05) is 6.61 Å². The number of carbonyl (C=O) groups excluding carboxylic acids is 3. The Morgan fingerprint density at radius 1 is 0.971 bits per heavy atom. The zero-order valence-corrected chi connectivity index (χ0v) is 20.7. The summed E-state index contributed by atoms with van der Waals surface area (Å²) in [5.74, 6) is -0.0166. The maximum absolute atomic E-state index is 12.7. The Morgan fingerprint density at radius 3 is 2.34 bits per heavy atom. The lowest BCUT2D eigenvalue weighted by Gasteiger charge is -2.28. The normalized spacial score (nSPS) is 15.1. The van der Waals surface area contributed by atoms with Crippen molar-refractivity contribution in [3.63, 3.8) is 0 Å². The summed E-state index contributed by atoms with van der Waals surface area (Å²) in [6, 6.07) is 10.4. The second-order valence-electron chi connectivity index (χ2n) is 9.87. The molecule has 9 heteroatoms. The van der Waals surface area contributed by atoms with Gasteiger partial charge in [-0.15, -0.1) is 0 Å². The van der Waals surface area contributed by atoms with Crippen molar-refractivity contribution in [1.82, 2.24) is 20.7 Å². The summed E-state index contributed by atoms with van der Waals surface area (Å²) in [6.07, 6.45) is 8.76. The molecule has 9 nitrogen and oxygen atoms in total. The molecular formula is C26H36N4O5. The van der Waals surface area contributed by atoms with Gasteiger partial charge in [0.15, 0.2) is 0 Å². The van der Waals surface area contributed by atoms with E-state index in [0.717, 1.165) is 12.8 Å². The van der Waals surface area contributed by atoms with Crippen LogP contribution >= 0.6 is 0 Å². The maximum atomic E-state index is 12.7. The molecule has 0 saturated heterocycles. The standard InChI is InChI=1S/C26H36N4O5/c1-26(2,3)35-24(32)27-20(17-19-11-5-4-6-12-19)18-34-25(33)29-28-23(31)21-13-7-8-14-22(21)30-15-9-10-16-30/h7-10,13-16,19-20H,4-6,11-12,17-18H2,1-3H3,(H,27,32)(H,28,31)(H,29,33). The van der Waals surface area contributed by atoms with Crippen LogP contribution in [0.4, 0.5) is 9.59 Å². The van der Waals surface area contributed by atoms with Crippen molar-refractivity contribution in [2.45, 2.75) is 70.9 Å². The van der Waals surface area contributed by atoms with Crippen molar-refractivity contribution in [1.29, 1.82) is 0 Å². The molecule has 1 aromatic carbocycles. The van der Waals surface area contributed by atoms with Crippen LogP contribution in [-0.4, -0.2) is 40.9 Å². The van der Waals surface area contributed by atoms with Crippen LogP contribution in [0.15, 0.2) is 48.8 Å². The summed E-state index contributed by atoms with van der Waals surface area (Å²) in [4.78, 5) is 37.3. The zero-order valence-electron chi connectivity index (χ0n) is 20.7. The molecule has 1 aliphatic carbocycles. The maximum Gasteiger partial charge on any atom is 0.426 e. The number of ether oxygens (including phenoxy) is 2. The molecule has 3 rings (SSSR count). The van der Waals surface area contributed by atoms with E-state index in [1.165, 1.54) is 19.3 Å². The topological polar surface area (TPSA) is 111 Å². The number of nitrogens with one attached hydrogen (secondary N) is 3. The number of rotatable bonds is 7. The van der Waals surface area contributed by atoms with E-state index in [4.69, 9.17) is 9.47 Å². The molecule has 1 unspecified atom stereocenters. The first-order chi connectivity index (χ1) is 16.7. The first kappa shape index (κ1) is 26.1. The summed E-state index contributed by atoms with van der Waals surface area (Å²) < 4.78 is 12.5. The minimum Gasteiger partial charge on any atom is -0.446 e. The Morgan fingerprint density at radius 2 is 1.66 bits per heavy atom. The Labute approximate surface area is 206 Å². The van der Waals surface area contributed by atoms with Gasteiger partial charge in [0.1, 0.15) is 12.2 Å². The summed E-state index contributed by atoms with van der Waals surface area (Å²) >= 11 is 0. The highest BCUT2D eigenvalue weighted by atomic mass is 16.6. The molecule has 0 radical (unpaired) electrons. The lowest BCUT2D eigenvalue weighted by Crippen LogP contribution is -2.46. The molecule has 3 amide bonds. The Bertz CT molecular complexity index is 978. The molecule has 35 heavy (non-hydrogen) atoms. The van der Waals surface area contributed by atoms with Crippen molar-refractivity contribution >= 4 is 18.1 Å². The number of carbonyl (C=O) groups is 3. The molecule has 3 N–H and O–H groups in total. The molecule has 1 saturated carbocycles. The number of hydrogen-bond donors (Lipinski definition) is 3. The van der Waals surface area contributed by atoms with Crippen LogP contribution < -0.4 is 16.2 Å². The van der Waals surface area contributed by atoms with Crippen molar-refractivity contribution in [3.8, 4) is 5.69 Å². The fraction of sp³-hybridized carbons (Fsp3) is 0.500. The van der Waals surface area contributed by atoms with Gasteiger partial charge in [0.05, 0.1) is 17.3 Å². The van der Waals surface area contributed by atoms with Crippen LogP contribution in [0.25, 0.3) is 5.69 Å². The number of benzene rings is 1. The molecule has 2 aromatic rings. The van der Waals surface area contributed by atoms with Crippen LogP contribution in [0.2, 0.25) is 0 Å². The second kappa shape index (κ2) is 12.3. The quantitative estimate of drug-likeness (QED) is 0.493. The number of alkyl carbamates (subject to hydrolysis) is 1. The number of hydrogen-bond acceptors (Lipinski definition) is 5. The van der Waals surface area contributed by atoms with Gasteiger partial charge in [-0.2, -0.15) is 0 Å². The Kier molecular flexibility index (Phi) is 9.17. The van der Waals surface area contributed by atoms with Gasteiger partial charge in [0.2, 0.25) is 0 Å². The van der Waals surface area contributed by atoms with Gasteiger partial charge in [0, 0.05) is 12.4 Å². The summed E-state index contributed by atoms with van der Waals surface area (Å²) in [5, 5.41) is 2.83. The largest absolute Gasteiger partial charge is 0.446 e. The lowest BCUT2D eigenvalue weighted by atomic mass is 9.85. The van der Waals surface area contributed by atoms with Gasteiger partial charge in [-0.25, -0.2) is 15.0 Å². The third-order valence-corrected chi connectivity index (χ3v) is 5.79. The molecule has 190 valence electrons. The predicted octanol–water partition coefficient (Wildman–Crippen LogP) is 4.71. The number of nitrogens with zero attached hydrogens (tertiary/aromatic N) is 1. The van der Waals surface area contributed by atoms with E-state index in [1.54, 1.807) is 32.9 Å². The van der Waals surface area contributed by atoms with E-state index in [1.807, 2.05) is 41.2 Å². The number of amides is 3. The van der Waals surface area contributed by atoms with Crippen LogP contribution in [0, 0.1) is 5.92 Å². The van der Waals surface area contributed by atoms with Crippen LogP contribution in [0.5, 0.6) is 0 Å². The zero-order chi connectivity index (χ0) is 25.3. The molecule has 0 bridgehead atoms. The number of aromatic nitrogens is 1. The van der Waals surface area contributed by atoms with Gasteiger partial charge in [-0.05, 0) is 57.4 Å². The number of para-hydroxylation sites is 1. The molecule has 1 aliphatic rings. The minimum atomic E-state index is -0.809. The first-order valence-corrected chi connectivity index (χ1v) is 12.2. The average Bonchev–Trinajstić information content (AvgIpc) is 3.35. The van der Waals surface area contributed by atoms with Gasteiger partial charge in [-0.3, -0.25) is 10.2 Å². The number of hydrazine groups is 1. The highest BCUT2D eigenvalue weighted by Crippen LogP contribution is 2.27. The molecule has 0 spiro atoms. The molecule has 1 fully saturated rings. The molecule has 1 heterocycles. The van der Waals surface area contributed by atoms with Crippen molar-refractivity contribution in [2.24, 2.45) is 5.92 Å². The fourth-order valence-corrected chi connectivity index (χ4v) is 4.24. The van der Waals surface area contributed by atoms with E-state index in [0.29, 0.717) is 23.6 Å². The van der Waals surface area contributed by atoms with Gasteiger partial charge < -0.3 is 19.4 Å². The minimum absolute atomic E-state index is 0.0304. The van der Waals surface area contributed by atoms with E-state index in [-0.39, 0.29) is 12.6 Å². The smallest absolute Gasteiger partial charge is 0.426 e. The summed E-state index contributed by atoms with van der Waals surface area (Å²) in [7, 11) is 0. The fourth-order valence-electron chi connectivity index (χ4n) is 4.24. The van der Waals surface area contributed by atoms with Crippen LogP contribution in [0.1, 0.15) is 69.7 Å². The lowest BCUT2D eigenvalue weighted by molar-refractivity contribution is 0.0454. The second-order valence-corrected chi connectivity index (χ2v) is 9.87. The molecule has 1 atom stereocenters. The first-order valence-electron chi connectivity index (χ1n) is 12.2. The average molecular weight is 485 g/mol. The Balaban J connectivity index is 1.53. The van der Waals surface area contributed by atoms with Crippen molar-refractivity contribution in [3.05, 3.63) is 54.4 Å². The van der Waals surface area contributed by atoms with E-state index in [2.05, 4.69) is 16.2 Å². The van der Waals surface area contributed by atoms with Crippen LogP contribution in [0.3, 0.4) is 0 Å². The van der Waals surface area contributed by atoms with E-state index in [9.17, 15) is 14.4 Å². The molecule has 0 aliphatic heterocycles. The third-order valence-electron chi connectivity index (χ3n) is 5.79. The molecule has 1 aromatic heterocycles. The summed E-state index contributed by atoms with van der Waals surface area (Å²) in [5.41, 5.74) is 5.13. The van der Waals surface area contributed by atoms with Crippen LogP contribution in [-0.2, 0) is 9.47 Å². The summed E-state index contributed by atoms with van der Waals surface area (Å²) in [6.45, 7) is 5.36. The van der Waals surface area contributed by atoms with E-state index >= 15 is 0 Å². The highest BCUT2D eigenvalue weighted by molar-refractivity contribution is 5.98. The molecular weight excluding hydrogens is 448 g/mol. The SMILES string of the molecule is CC(C)(C)OC(=O)NC(COC(=O)NNC(=O)c1ccccc1-n1cccc1)CC1CCCCC1. The Hall–Kier alpha value is -3.49. The monoisotopic (exact) mass is 484 g/mol. The third kappa shape index (κ3) is 8.66. The van der Waals surface area contributed by atoms with Gasteiger partial charge in [0.25, 0.3) is 5.91 Å². The van der Waals surface area contributed by atoms with Crippen molar-refractivity contribution < 1.29 is 23.9 Å². The van der Waals surface area contributed by atoms with E-state index < -0.39 is 23.7 Å². The van der Waals surface area contributed by atoms with Gasteiger partial charge >= 0.3 is 12.2 Å². The van der Waals surface area contributed by atoms with Gasteiger partial charge in [-0.1, -0.05) is 44.2 Å².